The maximum absolute atomic E-state index is 14.0. The van der Waals surface area contributed by atoms with Crippen LogP contribution in [0.5, 0.6) is 0 Å². The van der Waals surface area contributed by atoms with Crippen molar-refractivity contribution in [2.24, 2.45) is 16.5 Å². The predicted octanol–water partition coefficient (Wildman–Crippen LogP) is 0.994. The molecule has 4 heterocycles. The molecule has 4 aliphatic rings. The summed E-state index contributed by atoms with van der Waals surface area (Å²) in [4.78, 5) is 116. The monoisotopic (exact) mass is 880 g/mol. The lowest BCUT2D eigenvalue weighted by Gasteiger charge is -2.32. The number of aliphatic hydroxyl groups is 1. The average Bonchev–Trinajstić information content (AvgIpc) is 4.04. The average molecular weight is 881 g/mol. The van der Waals surface area contributed by atoms with E-state index in [4.69, 9.17) is 11.5 Å². The zero-order chi connectivity index (χ0) is 46.1. The number of carbonyl (C=O) groups is 8. The van der Waals surface area contributed by atoms with Crippen LogP contribution in [-0.4, -0.2) is 123 Å². The van der Waals surface area contributed by atoms with Gasteiger partial charge in [-0.3, -0.25) is 48.2 Å². The van der Waals surface area contributed by atoms with Crippen molar-refractivity contribution in [2.75, 3.05) is 38.1 Å². The third kappa shape index (κ3) is 11.2. The van der Waals surface area contributed by atoms with Gasteiger partial charge in [0.05, 0.1) is 36.0 Å². The van der Waals surface area contributed by atoms with Crippen LogP contribution in [0.3, 0.4) is 0 Å². The van der Waals surface area contributed by atoms with Crippen molar-refractivity contribution >= 4 is 70.5 Å². The zero-order valence-corrected chi connectivity index (χ0v) is 36.2. The molecular formula is C45H56N10O9. The molecule has 19 nitrogen and oxygen atoms in total. The lowest BCUT2D eigenvalue weighted by molar-refractivity contribution is -0.139. The summed E-state index contributed by atoms with van der Waals surface area (Å²) in [6, 6.07) is 4.93. The molecule has 1 fully saturated rings. The third-order valence-corrected chi connectivity index (χ3v) is 11.7. The van der Waals surface area contributed by atoms with Crippen LogP contribution >= 0.6 is 0 Å². The Morgan fingerprint density at radius 3 is 2.44 bits per heavy atom. The van der Waals surface area contributed by atoms with E-state index in [-0.39, 0.29) is 75.1 Å². The van der Waals surface area contributed by atoms with Crippen LogP contribution in [0, 0.1) is 0 Å². The van der Waals surface area contributed by atoms with Crippen molar-refractivity contribution in [3.63, 3.8) is 0 Å². The van der Waals surface area contributed by atoms with Gasteiger partial charge in [0.25, 0.3) is 11.8 Å². The fraction of sp³-hybridized carbons (Fsp3) is 0.467. The standard InChI is InChI=1S/C45H56N10O9/c1-3-15-53(18-19-56)42(62)29-20-28-8-9-31(23-34(28)51-36(46)22-29)45(13-14-45)44(64)50-32-21-30-26-54(17-12-33(30)48-25-32)43(63)35(24-37(47)57)52-41(61)27(2)49-38(58)7-5-4-6-16-55-39(59)10-11-40(55)60/h8-11,20-21,23,25,27,35,56H,3-7,12-19,22,24,26H2,1-2H3,(H2,46,51)(H2,47,57)(H,49,58)(H,50,64)(H,52,61). The zero-order valence-electron chi connectivity index (χ0n) is 36.2. The largest absolute Gasteiger partial charge is 0.395 e. The second kappa shape index (κ2) is 20.6. The molecule has 340 valence electrons. The van der Waals surface area contributed by atoms with Gasteiger partial charge < -0.3 is 42.3 Å². The van der Waals surface area contributed by atoms with E-state index in [1.54, 1.807) is 23.2 Å². The molecule has 0 saturated heterocycles. The van der Waals surface area contributed by atoms with E-state index in [1.807, 2.05) is 25.1 Å². The van der Waals surface area contributed by atoms with E-state index < -0.39 is 47.5 Å². The summed E-state index contributed by atoms with van der Waals surface area (Å²) >= 11 is 0. The first-order chi connectivity index (χ1) is 30.6. The number of aliphatic imine (C=N–C) groups is 1. The van der Waals surface area contributed by atoms with E-state index >= 15 is 0 Å². The Kier molecular flexibility index (Phi) is 15.1. The van der Waals surface area contributed by atoms with Crippen LogP contribution in [0.25, 0.3) is 6.08 Å². The van der Waals surface area contributed by atoms with Gasteiger partial charge in [0.2, 0.25) is 35.4 Å². The second-order valence-corrected chi connectivity index (χ2v) is 16.6. The molecule has 6 rings (SSSR count). The summed E-state index contributed by atoms with van der Waals surface area (Å²) in [6.07, 6.45) is 9.37. The van der Waals surface area contributed by atoms with Gasteiger partial charge in [-0.15, -0.1) is 0 Å². The molecule has 2 atom stereocenters. The number of nitrogens with one attached hydrogen (secondary N) is 3. The van der Waals surface area contributed by atoms with Crippen LogP contribution in [0.4, 0.5) is 11.4 Å². The summed E-state index contributed by atoms with van der Waals surface area (Å²) < 4.78 is 0. The number of anilines is 1. The summed E-state index contributed by atoms with van der Waals surface area (Å²) in [5, 5.41) is 17.7. The number of primary amides is 1. The Morgan fingerprint density at radius 2 is 1.75 bits per heavy atom. The highest BCUT2D eigenvalue weighted by Crippen LogP contribution is 2.50. The number of pyridine rings is 1. The van der Waals surface area contributed by atoms with Gasteiger partial charge in [-0.25, -0.2) is 4.99 Å². The number of nitrogens with two attached hydrogens (primary N) is 2. The van der Waals surface area contributed by atoms with Crippen molar-refractivity contribution in [1.82, 2.24) is 30.3 Å². The van der Waals surface area contributed by atoms with Crippen molar-refractivity contribution in [3.8, 4) is 0 Å². The number of aromatic nitrogens is 1. The lowest BCUT2D eigenvalue weighted by atomic mass is 9.92. The molecule has 0 radical (unpaired) electrons. The molecule has 0 bridgehead atoms. The Labute approximate surface area is 370 Å². The Morgan fingerprint density at radius 1 is 1.00 bits per heavy atom. The first-order valence-corrected chi connectivity index (χ1v) is 21.7. The molecule has 19 heteroatoms. The number of imide groups is 1. The first kappa shape index (κ1) is 46.7. The topological polar surface area (TPSA) is 280 Å². The van der Waals surface area contributed by atoms with Crippen molar-refractivity contribution in [2.45, 2.75) is 102 Å². The molecule has 2 aromatic rings. The smallest absolute Gasteiger partial charge is 0.253 e. The number of benzene rings is 1. The van der Waals surface area contributed by atoms with Gasteiger partial charge in [0, 0.05) is 81.0 Å². The SMILES string of the molecule is CCCN(CCO)C(=O)C1=Cc2ccc(C3(C(=O)Nc4cnc5c(c4)CN(C(=O)C(CC(N)=O)NC(=O)C(C)NC(=O)CCCCCN4C(=O)C=CC4=O)CC5)CC3)cc2N=C(N)C1. The van der Waals surface area contributed by atoms with E-state index in [0.29, 0.717) is 73.1 Å². The molecule has 0 spiro atoms. The molecule has 64 heavy (non-hydrogen) atoms. The predicted molar refractivity (Wildman–Crippen MR) is 235 cm³/mol. The summed E-state index contributed by atoms with van der Waals surface area (Å²) in [5.41, 5.74) is 15.2. The van der Waals surface area contributed by atoms with Crippen LogP contribution < -0.4 is 27.4 Å². The molecule has 1 aliphatic carbocycles. The molecule has 8 N–H and O–H groups in total. The van der Waals surface area contributed by atoms with Gasteiger partial charge >= 0.3 is 0 Å². The first-order valence-electron chi connectivity index (χ1n) is 21.7. The van der Waals surface area contributed by atoms with Gasteiger partial charge in [-0.2, -0.15) is 0 Å². The number of hydrogen-bond donors (Lipinski definition) is 6. The number of fused-ring (bicyclic) bond motifs is 2. The van der Waals surface area contributed by atoms with Gasteiger partial charge in [-0.05, 0) is 68.4 Å². The molecule has 1 aromatic carbocycles. The van der Waals surface area contributed by atoms with Gasteiger partial charge in [-0.1, -0.05) is 25.5 Å². The van der Waals surface area contributed by atoms with Crippen molar-refractivity contribution in [1.29, 1.82) is 0 Å². The summed E-state index contributed by atoms with van der Waals surface area (Å²) in [7, 11) is 0. The van der Waals surface area contributed by atoms with Gasteiger partial charge in [0.1, 0.15) is 17.9 Å². The van der Waals surface area contributed by atoms with Crippen LogP contribution in [0.2, 0.25) is 0 Å². The van der Waals surface area contributed by atoms with E-state index in [2.05, 4.69) is 25.9 Å². The Bertz CT molecular complexity index is 2280. The molecule has 2 unspecified atom stereocenters. The molecule has 8 amide bonds. The number of nitrogens with zero attached hydrogens (tertiary/aromatic N) is 5. The highest BCUT2D eigenvalue weighted by atomic mass is 16.3. The minimum atomic E-state index is -1.30. The quantitative estimate of drug-likeness (QED) is 0.0806. The number of amides is 8. The number of aliphatic hydroxyl groups excluding tert-OH is 1. The molecule has 1 saturated carbocycles. The number of amidine groups is 1. The maximum Gasteiger partial charge on any atom is 0.253 e. The Balaban J connectivity index is 1.05. The molecular weight excluding hydrogens is 825 g/mol. The number of unbranched alkanes of at least 4 members (excludes halogenated alkanes) is 2. The van der Waals surface area contributed by atoms with E-state index in [0.717, 1.165) is 22.6 Å². The van der Waals surface area contributed by atoms with E-state index in [9.17, 15) is 43.5 Å². The normalized spacial score (nSPS) is 16.9. The van der Waals surface area contributed by atoms with Crippen molar-refractivity contribution in [3.05, 3.63) is 70.6 Å². The summed E-state index contributed by atoms with van der Waals surface area (Å²) in [5.74, 6) is -3.37. The molecule has 3 aliphatic heterocycles. The minimum Gasteiger partial charge on any atom is -0.395 e. The highest BCUT2D eigenvalue weighted by molar-refractivity contribution is 6.13. The fourth-order valence-corrected chi connectivity index (χ4v) is 8.12. The highest BCUT2D eigenvalue weighted by Gasteiger charge is 2.51. The fourth-order valence-electron chi connectivity index (χ4n) is 8.12. The number of carbonyl (C=O) groups excluding carboxylic acids is 8. The lowest BCUT2D eigenvalue weighted by Crippen LogP contribution is -2.55. The second-order valence-electron chi connectivity index (χ2n) is 16.6. The number of rotatable bonds is 20. The molecule has 1 aromatic heterocycles. The Hall–Kier alpha value is -6.76. The third-order valence-electron chi connectivity index (χ3n) is 11.7. The van der Waals surface area contributed by atoms with Crippen molar-refractivity contribution < 1.29 is 43.5 Å². The maximum atomic E-state index is 14.0. The minimum absolute atomic E-state index is 0.0858. The number of hydrogen-bond acceptors (Lipinski definition) is 12. The van der Waals surface area contributed by atoms with Crippen LogP contribution in [-0.2, 0) is 56.7 Å². The van der Waals surface area contributed by atoms with E-state index in [1.165, 1.54) is 24.0 Å². The van der Waals surface area contributed by atoms with Crippen LogP contribution in [0.1, 0.15) is 94.0 Å². The van der Waals surface area contributed by atoms with Crippen LogP contribution in [0.15, 0.2) is 53.2 Å². The summed E-state index contributed by atoms with van der Waals surface area (Å²) in [6.45, 7) is 4.55. The van der Waals surface area contributed by atoms with Gasteiger partial charge in [0.15, 0.2) is 0 Å².